The monoisotopic (exact) mass is 420 g/mol. The second-order valence-electron chi connectivity index (χ2n) is 7.68. The summed E-state index contributed by atoms with van der Waals surface area (Å²) < 4.78 is 0. The first-order valence-corrected chi connectivity index (χ1v) is 9.88. The maximum atomic E-state index is 12.4. The zero-order chi connectivity index (χ0) is 20.1. The molecule has 1 aromatic carbocycles. The number of aryl methyl sites for hydroxylation is 1. The summed E-state index contributed by atoms with van der Waals surface area (Å²) in [6.45, 7) is 7.41. The van der Waals surface area contributed by atoms with Crippen molar-refractivity contribution in [3.05, 3.63) is 59.2 Å². The number of aromatic nitrogens is 1. The van der Waals surface area contributed by atoms with Gasteiger partial charge in [0.05, 0.1) is 5.70 Å². The first kappa shape index (κ1) is 20.5. The average molecular weight is 420 g/mol. The van der Waals surface area contributed by atoms with E-state index in [4.69, 9.17) is 0 Å². The molecule has 0 bridgehead atoms. The number of carbonyl (C=O) groups excluding carboxylic acids is 2. The van der Waals surface area contributed by atoms with E-state index in [-0.39, 0.29) is 34.7 Å². The van der Waals surface area contributed by atoms with Crippen LogP contribution < -0.4 is 0 Å². The van der Waals surface area contributed by atoms with Crippen molar-refractivity contribution in [1.82, 2.24) is 19.7 Å². The number of Topliss-reactive ketones (excluding diaryl/α,β-unsaturated/α-hetero) is 1. The van der Waals surface area contributed by atoms with Crippen LogP contribution in [0.3, 0.4) is 0 Å². The van der Waals surface area contributed by atoms with Crippen LogP contribution in [0.1, 0.15) is 5.56 Å². The Morgan fingerprint density at radius 2 is 1.53 bits per heavy atom. The molecule has 6 rings (SSSR count). The van der Waals surface area contributed by atoms with E-state index < -0.39 is 0 Å². The lowest BCUT2D eigenvalue weighted by Gasteiger charge is -2.21. The van der Waals surface area contributed by atoms with Gasteiger partial charge < -0.3 is 19.8 Å². The zero-order valence-corrected chi connectivity index (χ0v) is 16.3. The molecule has 3 aliphatic heterocycles. The largest absolute Gasteiger partial charge is 0.506 e. The summed E-state index contributed by atoms with van der Waals surface area (Å²) in [6, 6.07) is 7.39. The summed E-state index contributed by atoms with van der Waals surface area (Å²) in [5.74, 6) is 0.295. The summed E-state index contributed by atoms with van der Waals surface area (Å²) in [4.78, 5) is 34.6. The fourth-order valence-electron chi connectivity index (χ4n) is 3.58. The van der Waals surface area contributed by atoms with E-state index in [1.807, 2.05) is 39.8 Å². The molecule has 0 unspecified atom stereocenters. The lowest BCUT2D eigenvalue weighted by molar-refractivity contribution is -0.117. The molecule has 4 heterocycles. The Morgan fingerprint density at radius 3 is 2.13 bits per heavy atom. The summed E-state index contributed by atoms with van der Waals surface area (Å²) in [6.07, 6.45) is 3.21. The normalized spacial score (nSPS) is 19.2. The van der Waals surface area contributed by atoms with E-state index in [1.165, 1.54) is 6.08 Å². The van der Waals surface area contributed by atoms with Crippen LogP contribution in [0, 0.1) is 6.92 Å². The van der Waals surface area contributed by atoms with Gasteiger partial charge in [0, 0.05) is 56.9 Å². The van der Waals surface area contributed by atoms with Crippen molar-refractivity contribution in [3.8, 4) is 5.75 Å². The minimum atomic E-state index is 0. The minimum Gasteiger partial charge on any atom is -0.506 e. The Kier molecular flexibility index (Phi) is 5.31. The van der Waals surface area contributed by atoms with Crippen molar-refractivity contribution in [1.29, 1.82) is 0 Å². The van der Waals surface area contributed by atoms with Crippen molar-refractivity contribution < 1.29 is 14.7 Å². The van der Waals surface area contributed by atoms with Gasteiger partial charge in [-0.25, -0.2) is 0 Å². The van der Waals surface area contributed by atoms with Gasteiger partial charge in [0.15, 0.2) is 17.4 Å². The van der Waals surface area contributed by atoms with E-state index >= 15 is 0 Å². The Labute approximate surface area is 185 Å². The molecular formula is C22H25AlN4O3. The lowest BCUT2D eigenvalue weighted by atomic mass is 10.0. The molecule has 0 saturated carbocycles. The molecule has 1 aromatic heterocycles. The van der Waals surface area contributed by atoms with Crippen molar-refractivity contribution in [2.24, 2.45) is 0 Å². The van der Waals surface area contributed by atoms with Gasteiger partial charge in [0.1, 0.15) is 22.7 Å². The van der Waals surface area contributed by atoms with Gasteiger partial charge in [0.2, 0.25) is 11.6 Å². The number of allylic oxidation sites excluding steroid dienone is 1. The van der Waals surface area contributed by atoms with Gasteiger partial charge in [-0.3, -0.25) is 14.6 Å². The van der Waals surface area contributed by atoms with Gasteiger partial charge in [-0.2, -0.15) is 0 Å². The Balaban J connectivity index is 0.000000149. The Morgan fingerprint density at radius 1 is 0.900 bits per heavy atom. The summed E-state index contributed by atoms with van der Waals surface area (Å²) in [7, 11) is 0. The number of nitrogens with zero attached hydrogens (tertiary/aromatic N) is 4. The fourth-order valence-corrected chi connectivity index (χ4v) is 3.58. The van der Waals surface area contributed by atoms with Crippen LogP contribution >= 0.6 is 0 Å². The number of pyridine rings is 1. The number of carbonyl (C=O) groups is 2. The summed E-state index contributed by atoms with van der Waals surface area (Å²) >= 11 is 0. The minimum absolute atomic E-state index is 0. The maximum Gasteiger partial charge on any atom is 0.227 e. The Bertz CT molecular complexity index is 1060. The van der Waals surface area contributed by atoms with E-state index in [9.17, 15) is 14.7 Å². The van der Waals surface area contributed by atoms with Crippen molar-refractivity contribution >= 4 is 39.8 Å². The highest BCUT2D eigenvalue weighted by Gasteiger charge is 2.43. The second kappa shape index (κ2) is 7.78. The number of aromatic hydroxyl groups is 1. The first-order valence-electron chi connectivity index (χ1n) is 9.88. The molecular weight excluding hydrogens is 395 g/mol. The third-order valence-electron chi connectivity index (χ3n) is 5.45. The zero-order valence-electron chi connectivity index (χ0n) is 16.3. The fraction of sp³-hybridized carbons (Fsp3) is 0.318. The van der Waals surface area contributed by atoms with Gasteiger partial charge in [-0.15, -0.1) is 0 Å². The molecule has 2 aromatic rings. The van der Waals surface area contributed by atoms with Crippen molar-refractivity contribution in [3.63, 3.8) is 0 Å². The topological polar surface area (TPSA) is 76.3 Å². The SMILES string of the molecule is Cc1ccc(O)c2ncccc12.O=C1C=C(N2CC2)C(=O)C(N2CC2)=C1N1CC1.[AlH3]. The van der Waals surface area contributed by atoms with Crippen LogP contribution in [0.2, 0.25) is 0 Å². The number of hydrogen-bond acceptors (Lipinski definition) is 7. The van der Waals surface area contributed by atoms with Gasteiger partial charge in [-0.1, -0.05) is 12.1 Å². The highest BCUT2D eigenvalue weighted by molar-refractivity contribution is 6.22. The first-order chi connectivity index (χ1) is 14.0. The van der Waals surface area contributed by atoms with Crippen LogP contribution in [-0.4, -0.2) is 93.0 Å². The predicted molar refractivity (Wildman–Crippen MR) is 118 cm³/mol. The quantitative estimate of drug-likeness (QED) is 0.433. The van der Waals surface area contributed by atoms with Gasteiger partial charge in [0.25, 0.3) is 0 Å². The van der Waals surface area contributed by atoms with E-state index in [0.29, 0.717) is 22.6 Å². The molecule has 154 valence electrons. The Hall–Kier alpha value is -2.82. The molecule has 1 N–H and O–H groups in total. The van der Waals surface area contributed by atoms with Crippen LogP contribution in [0.15, 0.2) is 53.6 Å². The standard InChI is InChI=1S/C12H13N3O2.C10H9NO.Al.3H/c16-9-7-8(13-1-2-13)12(17)11(15-5-6-15)10(9)14-3-4-14;1-7-4-5-9(12)10-8(7)3-2-6-11-10;;;;/h7H,1-6H2;2-6,12H,1H3;;;;. The van der Waals surface area contributed by atoms with Crippen molar-refractivity contribution in [2.75, 3.05) is 39.3 Å². The summed E-state index contributed by atoms with van der Waals surface area (Å²) in [5, 5.41) is 10.4. The van der Waals surface area contributed by atoms with E-state index in [0.717, 1.165) is 50.2 Å². The molecule has 3 saturated heterocycles. The van der Waals surface area contributed by atoms with E-state index in [2.05, 4.69) is 4.98 Å². The molecule has 4 aliphatic rings. The second-order valence-corrected chi connectivity index (χ2v) is 7.68. The molecule has 0 atom stereocenters. The van der Waals surface area contributed by atoms with Crippen LogP contribution in [0.5, 0.6) is 5.75 Å². The smallest absolute Gasteiger partial charge is 0.227 e. The number of hydrogen-bond donors (Lipinski definition) is 1. The molecule has 0 spiro atoms. The number of rotatable bonds is 3. The molecule has 1 aliphatic carbocycles. The molecule has 0 amide bonds. The molecule has 7 nitrogen and oxygen atoms in total. The molecule has 3 fully saturated rings. The molecule has 8 heteroatoms. The highest BCUT2D eigenvalue weighted by atomic mass is 27.0. The maximum absolute atomic E-state index is 12.4. The number of phenolic OH excluding ortho intramolecular Hbond substituents is 1. The third kappa shape index (κ3) is 3.81. The summed E-state index contributed by atoms with van der Waals surface area (Å²) in [5.41, 5.74) is 3.70. The van der Waals surface area contributed by atoms with Crippen LogP contribution in [0.25, 0.3) is 10.9 Å². The third-order valence-corrected chi connectivity index (χ3v) is 5.45. The van der Waals surface area contributed by atoms with Crippen molar-refractivity contribution in [2.45, 2.75) is 6.92 Å². The van der Waals surface area contributed by atoms with Gasteiger partial charge >= 0.3 is 0 Å². The highest BCUT2D eigenvalue weighted by Crippen LogP contribution is 2.34. The average Bonchev–Trinajstić information content (AvgIpc) is 3.57. The van der Waals surface area contributed by atoms with Crippen LogP contribution in [-0.2, 0) is 9.59 Å². The van der Waals surface area contributed by atoms with E-state index in [1.54, 1.807) is 12.3 Å². The lowest BCUT2D eigenvalue weighted by Crippen LogP contribution is -2.29. The molecule has 30 heavy (non-hydrogen) atoms. The number of fused-ring (bicyclic) bond motifs is 1. The predicted octanol–water partition coefficient (Wildman–Crippen LogP) is 0.245. The molecule has 0 radical (unpaired) electrons. The van der Waals surface area contributed by atoms with Gasteiger partial charge in [-0.05, 0) is 24.6 Å². The number of benzene rings is 1. The number of ketones is 2. The number of phenols is 1. The van der Waals surface area contributed by atoms with Crippen LogP contribution in [0.4, 0.5) is 0 Å².